The summed E-state index contributed by atoms with van der Waals surface area (Å²) in [5.74, 6) is 2.28. The SMILES string of the molecule is C=N/C=C(\C=NCc1ccc(N)cc1Oc1cc(C)nc(N2CCOCC2)c1)CNC(C)(C)C. The number of nitrogens with zero attached hydrogens (tertiary/aromatic N) is 4. The van der Waals surface area contributed by atoms with E-state index in [1.54, 1.807) is 6.20 Å². The highest BCUT2D eigenvalue weighted by molar-refractivity contribution is 5.79. The smallest absolute Gasteiger partial charge is 0.134 e. The molecule has 1 aliphatic rings. The highest BCUT2D eigenvalue weighted by atomic mass is 16.5. The van der Waals surface area contributed by atoms with Crippen LogP contribution in [0.4, 0.5) is 11.5 Å². The number of aliphatic imine (C=N–C) groups is 2. The molecule has 1 aromatic heterocycles. The van der Waals surface area contributed by atoms with Crippen molar-refractivity contribution in [2.24, 2.45) is 9.98 Å². The molecule has 0 saturated carbocycles. The number of ether oxygens (including phenoxy) is 2. The first-order chi connectivity index (χ1) is 16.2. The number of benzene rings is 1. The van der Waals surface area contributed by atoms with Crippen molar-refractivity contribution in [2.75, 3.05) is 43.5 Å². The van der Waals surface area contributed by atoms with Gasteiger partial charge >= 0.3 is 0 Å². The first kappa shape index (κ1) is 25.4. The number of aromatic nitrogens is 1. The summed E-state index contributed by atoms with van der Waals surface area (Å²) in [6, 6.07) is 9.52. The molecule has 3 rings (SSSR count). The molecule has 8 nitrogen and oxygen atoms in total. The number of nitrogens with one attached hydrogen (secondary N) is 1. The normalized spacial score (nSPS) is 15.1. The van der Waals surface area contributed by atoms with E-state index in [2.05, 4.69) is 52.7 Å². The van der Waals surface area contributed by atoms with Crippen molar-refractivity contribution >= 4 is 24.4 Å². The van der Waals surface area contributed by atoms with Crippen molar-refractivity contribution in [3.63, 3.8) is 0 Å². The fourth-order valence-electron chi connectivity index (χ4n) is 3.43. The third-order valence-corrected chi connectivity index (χ3v) is 5.17. The molecule has 0 spiro atoms. The average Bonchev–Trinajstić information content (AvgIpc) is 2.78. The zero-order chi connectivity index (χ0) is 24.6. The second kappa shape index (κ2) is 11.8. The fraction of sp³-hybridized carbons (Fsp3) is 0.423. The molecule has 0 radical (unpaired) electrons. The highest BCUT2D eigenvalue weighted by Gasteiger charge is 2.15. The lowest BCUT2D eigenvalue weighted by molar-refractivity contribution is 0.122. The number of rotatable bonds is 9. The minimum absolute atomic E-state index is 0.00515. The lowest BCUT2D eigenvalue weighted by Gasteiger charge is -2.28. The Hall–Kier alpha value is -3.23. The quantitative estimate of drug-likeness (QED) is 0.428. The van der Waals surface area contributed by atoms with Crippen LogP contribution in [0.5, 0.6) is 11.5 Å². The van der Waals surface area contributed by atoms with Gasteiger partial charge in [-0.25, -0.2) is 4.98 Å². The molecule has 0 unspecified atom stereocenters. The van der Waals surface area contributed by atoms with Gasteiger partial charge in [0.15, 0.2) is 0 Å². The molecule has 1 fully saturated rings. The van der Waals surface area contributed by atoms with Crippen LogP contribution >= 0.6 is 0 Å². The summed E-state index contributed by atoms with van der Waals surface area (Å²) in [5, 5.41) is 3.44. The van der Waals surface area contributed by atoms with Crippen LogP contribution in [-0.4, -0.2) is 56.3 Å². The van der Waals surface area contributed by atoms with E-state index in [1.807, 2.05) is 43.5 Å². The summed E-state index contributed by atoms with van der Waals surface area (Å²) in [4.78, 5) is 15.4. The molecular formula is C26H36N6O2. The number of hydrogen-bond acceptors (Lipinski definition) is 8. The molecular weight excluding hydrogens is 428 g/mol. The maximum absolute atomic E-state index is 6.29. The molecule has 1 aromatic carbocycles. The van der Waals surface area contributed by atoms with Crippen molar-refractivity contribution in [3.05, 3.63) is 53.4 Å². The van der Waals surface area contributed by atoms with Crippen LogP contribution in [-0.2, 0) is 11.3 Å². The standard InChI is InChI=1S/C26H36N6O2/c1-19-12-23(14-25(31-19)32-8-10-33-11-9-32)34-24-13-22(27)7-6-21(24)18-29-16-20(15-28-5)17-30-26(2,3)4/h6-7,12-16,30H,5,8-11,17-18,27H2,1-4H3/b20-15+,29-16?. The first-order valence-electron chi connectivity index (χ1n) is 11.5. The van der Waals surface area contributed by atoms with Crippen molar-refractivity contribution < 1.29 is 9.47 Å². The van der Waals surface area contributed by atoms with Crippen LogP contribution in [0.1, 0.15) is 32.0 Å². The van der Waals surface area contributed by atoms with Gasteiger partial charge in [0.25, 0.3) is 0 Å². The predicted molar refractivity (Wildman–Crippen MR) is 141 cm³/mol. The summed E-state index contributed by atoms with van der Waals surface area (Å²) in [7, 11) is 0. The second-order valence-corrected chi connectivity index (χ2v) is 9.33. The minimum atomic E-state index is -0.00515. The van der Waals surface area contributed by atoms with Gasteiger partial charge in [0.05, 0.1) is 19.8 Å². The molecule has 2 heterocycles. The fourth-order valence-corrected chi connectivity index (χ4v) is 3.43. The van der Waals surface area contributed by atoms with E-state index in [1.165, 1.54) is 0 Å². The molecule has 1 saturated heterocycles. The van der Waals surface area contributed by atoms with Crippen LogP contribution in [0.15, 0.2) is 52.1 Å². The Morgan fingerprint density at radius 2 is 2.03 bits per heavy atom. The second-order valence-electron chi connectivity index (χ2n) is 9.33. The van der Waals surface area contributed by atoms with E-state index in [4.69, 9.17) is 15.2 Å². The number of nitrogens with two attached hydrogens (primary N) is 1. The zero-order valence-electron chi connectivity index (χ0n) is 20.7. The molecule has 3 N–H and O–H groups in total. The molecule has 8 heteroatoms. The third-order valence-electron chi connectivity index (χ3n) is 5.17. The lowest BCUT2D eigenvalue weighted by atomic mass is 10.1. The molecule has 182 valence electrons. The number of hydrogen-bond donors (Lipinski definition) is 2. The predicted octanol–water partition coefficient (Wildman–Crippen LogP) is 4.14. The number of anilines is 2. The number of morpholine rings is 1. The van der Waals surface area contributed by atoms with E-state index in [-0.39, 0.29) is 5.54 Å². The molecule has 0 atom stereocenters. The van der Waals surface area contributed by atoms with Gasteiger partial charge in [0, 0.05) is 78.3 Å². The van der Waals surface area contributed by atoms with Crippen LogP contribution in [0.25, 0.3) is 0 Å². The number of aryl methyl sites for hydroxylation is 1. The maximum Gasteiger partial charge on any atom is 0.134 e. The number of pyridine rings is 1. The molecule has 0 aliphatic carbocycles. The van der Waals surface area contributed by atoms with E-state index in [9.17, 15) is 0 Å². The Morgan fingerprint density at radius 1 is 1.26 bits per heavy atom. The molecule has 1 aliphatic heterocycles. The van der Waals surface area contributed by atoms with Gasteiger partial charge in [-0.2, -0.15) is 0 Å². The lowest BCUT2D eigenvalue weighted by Crippen LogP contribution is -2.37. The Bertz CT molecular complexity index is 1040. The minimum Gasteiger partial charge on any atom is -0.457 e. The molecule has 34 heavy (non-hydrogen) atoms. The Morgan fingerprint density at radius 3 is 2.74 bits per heavy atom. The largest absolute Gasteiger partial charge is 0.457 e. The van der Waals surface area contributed by atoms with Gasteiger partial charge in [0.2, 0.25) is 0 Å². The van der Waals surface area contributed by atoms with Crippen molar-refractivity contribution in [1.29, 1.82) is 0 Å². The summed E-state index contributed by atoms with van der Waals surface area (Å²) in [5.41, 5.74) is 9.46. The van der Waals surface area contributed by atoms with Gasteiger partial charge in [-0.1, -0.05) is 6.07 Å². The first-order valence-corrected chi connectivity index (χ1v) is 11.5. The summed E-state index contributed by atoms with van der Waals surface area (Å²) in [6.45, 7) is 16.0. The van der Waals surface area contributed by atoms with Crippen LogP contribution in [0.2, 0.25) is 0 Å². The Kier molecular flexibility index (Phi) is 8.79. The summed E-state index contributed by atoms with van der Waals surface area (Å²) in [6.07, 6.45) is 3.54. The van der Waals surface area contributed by atoms with Crippen molar-refractivity contribution in [2.45, 2.75) is 39.8 Å². The maximum atomic E-state index is 6.29. The Labute approximate surface area is 202 Å². The number of nitrogen functional groups attached to an aromatic ring is 1. The zero-order valence-corrected chi connectivity index (χ0v) is 20.7. The van der Waals surface area contributed by atoms with Gasteiger partial charge in [-0.05, 0) is 40.5 Å². The topological polar surface area (TPSA) is 97.4 Å². The summed E-state index contributed by atoms with van der Waals surface area (Å²) >= 11 is 0. The van der Waals surface area contributed by atoms with Crippen molar-refractivity contribution in [3.8, 4) is 11.5 Å². The van der Waals surface area contributed by atoms with E-state index < -0.39 is 0 Å². The van der Waals surface area contributed by atoms with Gasteiger partial charge in [0.1, 0.15) is 17.3 Å². The monoisotopic (exact) mass is 464 g/mol. The Balaban J connectivity index is 1.76. The van der Waals surface area contributed by atoms with Crippen molar-refractivity contribution in [1.82, 2.24) is 10.3 Å². The van der Waals surface area contributed by atoms with Crippen LogP contribution in [0.3, 0.4) is 0 Å². The van der Waals surface area contributed by atoms with Gasteiger partial charge < -0.3 is 25.4 Å². The van der Waals surface area contributed by atoms with Crippen LogP contribution < -0.4 is 20.7 Å². The van der Waals surface area contributed by atoms with E-state index in [0.717, 1.165) is 41.5 Å². The van der Waals surface area contributed by atoms with Gasteiger partial charge in [-0.3, -0.25) is 9.98 Å². The van der Waals surface area contributed by atoms with Crippen LogP contribution in [0, 0.1) is 6.92 Å². The van der Waals surface area contributed by atoms with E-state index >= 15 is 0 Å². The highest BCUT2D eigenvalue weighted by Crippen LogP contribution is 2.30. The molecule has 0 amide bonds. The summed E-state index contributed by atoms with van der Waals surface area (Å²) < 4.78 is 11.8. The van der Waals surface area contributed by atoms with Gasteiger partial charge in [-0.15, -0.1) is 0 Å². The molecule has 0 bridgehead atoms. The third kappa shape index (κ3) is 7.97. The molecule has 2 aromatic rings. The van der Waals surface area contributed by atoms with E-state index in [0.29, 0.717) is 37.7 Å². The average molecular weight is 465 g/mol.